The van der Waals surface area contributed by atoms with E-state index < -0.39 is 6.10 Å². The summed E-state index contributed by atoms with van der Waals surface area (Å²) >= 11 is 0. The van der Waals surface area contributed by atoms with E-state index in [4.69, 9.17) is 0 Å². The lowest BCUT2D eigenvalue weighted by Crippen LogP contribution is -2.23. The van der Waals surface area contributed by atoms with Crippen LogP contribution in [0.4, 0.5) is 0 Å². The van der Waals surface area contributed by atoms with Gasteiger partial charge >= 0.3 is 0 Å². The van der Waals surface area contributed by atoms with E-state index in [9.17, 15) is 9.59 Å². The molecular weight excluding hydrogens is 144 g/mol. The molecule has 0 saturated carbocycles. The zero-order valence-electron chi connectivity index (χ0n) is 7.00. The van der Waals surface area contributed by atoms with Crippen molar-refractivity contribution in [1.29, 1.82) is 0 Å². The summed E-state index contributed by atoms with van der Waals surface area (Å²) in [5, 5.41) is 0. The van der Waals surface area contributed by atoms with Gasteiger partial charge in [0.15, 0.2) is 18.2 Å². The molecule has 0 fully saturated rings. The first-order chi connectivity index (χ1) is 5.26. The molecule has 0 saturated heterocycles. The monoisotopic (exact) mass is 158 g/mol. The van der Waals surface area contributed by atoms with Gasteiger partial charge in [-0.15, -0.1) is 0 Å². The van der Waals surface area contributed by atoms with Gasteiger partial charge in [-0.3, -0.25) is 9.59 Å². The van der Waals surface area contributed by atoms with E-state index in [1.807, 2.05) is 6.92 Å². The van der Waals surface area contributed by atoms with Gasteiger partial charge < -0.3 is 4.74 Å². The molecule has 3 nitrogen and oxygen atoms in total. The number of carbonyl (C=O) groups excluding carboxylic acids is 2. The van der Waals surface area contributed by atoms with Crippen molar-refractivity contribution in [2.24, 2.45) is 0 Å². The normalized spacial score (nSPS) is 12.5. The van der Waals surface area contributed by atoms with Crippen molar-refractivity contribution >= 4 is 12.1 Å². The molecule has 0 radical (unpaired) electrons. The lowest BCUT2D eigenvalue weighted by Gasteiger charge is -2.05. The molecule has 0 aliphatic heterocycles. The number of aldehydes is 1. The van der Waals surface area contributed by atoms with Crippen molar-refractivity contribution in [3.63, 3.8) is 0 Å². The topological polar surface area (TPSA) is 43.4 Å². The molecule has 64 valence electrons. The number of ketones is 1. The molecule has 3 heteroatoms. The fourth-order valence-electron chi connectivity index (χ4n) is 0.756. The van der Waals surface area contributed by atoms with Gasteiger partial charge in [0.25, 0.3) is 0 Å². The minimum atomic E-state index is -0.846. The number of ether oxygens (including phenoxy) is 1. The maximum atomic E-state index is 11.0. The number of Topliss-reactive ketones (excluding diaryl/α,β-unsaturated/α-hetero) is 1. The summed E-state index contributed by atoms with van der Waals surface area (Å²) in [6.07, 6.45) is 1.92. The smallest absolute Gasteiger partial charge is 0.170 e. The fourth-order valence-corrected chi connectivity index (χ4v) is 0.756. The van der Waals surface area contributed by atoms with Crippen LogP contribution in [0.15, 0.2) is 0 Å². The van der Waals surface area contributed by atoms with Gasteiger partial charge in [-0.2, -0.15) is 0 Å². The average Bonchev–Trinajstić information content (AvgIpc) is 2.03. The molecule has 1 unspecified atom stereocenters. The number of methoxy groups -OCH3 is 1. The minimum absolute atomic E-state index is 0.121. The largest absolute Gasteiger partial charge is 0.366 e. The first kappa shape index (κ1) is 10.3. The van der Waals surface area contributed by atoms with E-state index in [0.29, 0.717) is 12.7 Å². The number of carbonyl (C=O) groups is 2. The van der Waals surface area contributed by atoms with Crippen LogP contribution in [-0.2, 0) is 14.3 Å². The Kier molecular flexibility index (Phi) is 5.65. The number of hydrogen-bond donors (Lipinski definition) is 0. The third-order valence-electron chi connectivity index (χ3n) is 1.47. The minimum Gasteiger partial charge on any atom is -0.366 e. The Balaban J connectivity index is 3.69. The van der Waals surface area contributed by atoms with Crippen LogP contribution in [0.3, 0.4) is 0 Å². The van der Waals surface area contributed by atoms with Crippen molar-refractivity contribution in [1.82, 2.24) is 0 Å². The van der Waals surface area contributed by atoms with Crippen molar-refractivity contribution in [3.05, 3.63) is 0 Å². The van der Waals surface area contributed by atoms with Gasteiger partial charge in [-0.25, -0.2) is 0 Å². The molecule has 0 aliphatic carbocycles. The van der Waals surface area contributed by atoms with E-state index in [1.165, 1.54) is 7.11 Å². The van der Waals surface area contributed by atoms with Gasteiger partial charge in [0.1, 0.15) is 0 Å². The lowest BCUT2D eigenvalue weighted by molar-refractivity contribution is -0.134. The van der Waals surface area contributed by atoms with Crippen LogP contribution in [-0.4, -0.2) is 25.3 Å². The van der Waals surface area contributed by atoms with Gasteiger partial charge in [0, 0.05) is 13.5 Å². The van der Waals surface area contributed by atoms with Crippen LogP contribution >= 0.6 is 0 Å². The zero-order chi connectivity index (χ0) is 8.69. The average molecular weight is 158 g/mol. The summed E-state index contributed by atoms with van der Waals surface area (Å²) in [6.45, 7) is 2.00. The Morgan fingerprint density at radius 1 is 1.64 bits per heavy atom. The Bertz CT molecular complexity index is 131. The number of rotatable bonds is 6. The Labute approximate surface area is 66.7 Å². The highest BCUT2D eigenvalue weighted by Gasteiger charge is 2.14. The van der Waals surface area contributed by atoms with Crippen molar-refractivity contribution in [2.45, 2.75) is 32.3 Å². The van der Waals surface area contributed by atoms with Gasteiger partial charge in [-0.1, -0.05) is 13.3 Å². The molecule has 0 spiro atoms. The van der Waals surface area contributed by atoms with Crippen LogP contribution in [0.2, 0.25) is 0 Å². The van der Waals surface area contributed by atoms with E-state index in [2.05, 4.69) is 4.74 Å². The van der Waals surface area contributed by atoms with E-state index in [-0.39, 0.29) is 5.78 Å². The highest BCUT2D eigenvalue weighted by Crippen LogP contribution is 1.99. The SMILES string of the molecule is CCCCC(=O)C(C=O)OC. The second kappa shape index (κ2) is 6.04. The molecule has 0 heterocycles. The maximum Gasteiger partial charge on any atom is 0.170 e. The van der Waals surface area contributed by atoms with Crippen LogP contribution in [0.25, 0.3) is 0 Å². The van der Waals surface area contributed by atoms with E-state index in [0.717, 1.165) is 12.8 Å². The second-order valence-corrected chi connectivity index (χ2v) is 2.36. The Morgan fingerprint density at radius 2 is 2.27 bits per heavy atom. The molecule has 0 bridgehead atoms. The van der Waals surface area contributed by atoms with Gasteiger partial charge in [-0.05, 0) is 6.42 Å². The molecule has 0 aromatic carbocycles. The lowest BCUT2D eigenvalue weighted by atomic mass is 10.1. The van der Waals surface area contributed by atoms with Gasteiger partial charge in [0.2, 0.25) is 0 Å². The van der Waals surface area contributed by atoms with E-state index >= 15 is 0 Å². The quantitative estimate of drug-likeness (QED) is 0.427. The van der Waals surface area contributed by atoms with Crippen LogP contribution in [0.5, 0.6) is 0 Å². The predicted octanol–water partition coefficient (Wildman–Crippen LogP) is 0.960. The Morgan fingerprint density at radius 3 is 2.64 bits per heavy atom. The third-order valence-corrected chi connectivity index (χ3v) is 1.47. The highest BCUT2D eigenvalue weighted by atomic mass is 16.5. The molecule has 11 heavy (non-hydrogen) atoms. The summed E-state index contributed by atoms with van der Waals surface area (Å²) in [5.74, 6) is -0.121. The Hall–Kier alpha value is -0.700. The third kappa shape index (κ3) is 3.88. The molecule has 0 aliphatic rings. The highest BCUT2D eigenvalue weighted by molar-refractivity contribution is 5.96. The zero-order valence-corrected chi connectivity index (χ0v) is 7.00. The summed E-state index contributed by atoms with van der Waals surface area (Å²) in [5.41, 5.74) is 0. The molecule has 0 rings (SSSR count). The summed E-state index contributed by atoms with van der Waals surface area (Å²) < 4.78 is 4.64. The maximum absolute atomic E-state index is 11.0. The summed E-state index contributed by atoms with van der Waals surface area (Å²) in [6, 6.07) is 0. The first-order valence-corrected chi connectivity index (χ1v) is 3.77. The predicted molar refractivity (Wildman–Crippen MR) is 41.4 cm³/mol. The number of unbranched alkanes of at least 4 members (excludes halogenated alkanes) is 1. The van der Waals surface area contributed by atoms with E-state index in [1.54, 1.807) is 0 Å². The molecule has 0 aromatic rings. The van der Waals surface area contributed by atoms with Gasteiger partial charge in [0.05, 0.1) is 0 Å². The van der Waals surface area contributed by atoms with Crippen molar-refractivity contribution < 1.29 is 14.3 Å². The molecule has 0 amide bonds. The first-order valence-electron chi connectivity index (χ1n) is 3.77. The number of hydrogen-bond acceptors (Lipinski definition) is 3. The van der Waals surface area contributed by atoms with Crippen LogP contribution in [0, 0.1) is 0 Å². The van der Waals surface area contributed by atoms with Crippen molar-refractivity contribution in [2.75, 3.05) is 7.11 Å². The molecule has 0 aromatic heterocycles. The molecular formula is C8H14O3. The van der Waals surface area contributed by atoms with Crippen LogP contribution < -0.4 is 0 Å². The molecule has 0 N–H and O–H groups in total. The summed E-state index contributed by atoms with van der Waals surface area (Å²) in [7, 11) is 1.36. The summed E-state index contributed by atoms with van der Waals surface area (Å²) in [4.78, 5) is 21.2. The van der Waals surface area contributed by atoms with Crippen LogP contribution in [0.1, 0.15) is 26.2 Å². The van der Waals surface area contributed by atoms with Crippen molar-refractivity contribution in [3.8, 4) is 0 Å². The standard InChI is InChI=1S/C8H14O3/c1-3-4-5-7(10)8(6-9)11-2/h6,8H,3-5H2,1-2H3. The molecule has 1 atom stereocenters. The fraction of sp³-hybridized carbons (Fsp3) is 0.750. The second-order valence-electron chi connectivity index (χ2n) is 2.36.